The van der Waals surface area contributed by atoms with Crippen molar-refractivity contribution in [3.63, 3.8) is 0 Å². The summed E-state index contributed by atoms with van der Waals surface area (Å²) in [6.07, 6.45) is 2.49. The highest BCUT2D eigenvalue weighted by molar-refractivity contribution is 7.89. The molecule has 1 amide bonds. The summed E-state index contributed by atoms with van der Waals surface area (Å²) in [7, 11) is -2.20. The smallest absolute Gasteiger partial charge is 0.258 e. The summed E-state index contributed by atoms with van der Waals surface area (Å²) in [4.78, 5) is 12.4. The highest BCUT2D eigenvalue weighted by Gasteiger charge is 2.24. The molecule has 0 unspecified atom stereocenters. The van der Waals surface area contributed by atoms with E-state index in [4.69, 9.17) is 9.47 Å². The highest BCUT2D eigenvalue weighted by Crippen LogP contribution is 2.28. The van der Waals surface area contributed by atoms with Gasteiger partial charge in [-0.05, 0) is 56.5 Å². The summed E-state index contributed by atoms with van der Waals surface area (Å²) >= 11 is 0. The van der Waals surface area contributed by atoms with Crippen LogP contribution in [0.15, 0.2) is 60.0 Å². The van der Waals surface area contributed by atoms with E-state index in [2.05, 4.69) is 16.6 Å². The van der Waals surface area contributed by atoms with Crippen molar-refractivity contribution in [2.24, 2.45) is 0 Å². The number of methoxy groups -OCH3 is 1. The fourth-order valence-corrected chi connectivity index (χ4v) is 4.54. The molecule has 0 saturated heterocycles. The Morgan fingerprint density at radius 2 is 1.84 bits per heavy atom. The molecule has 7 nitrogen and oxygen atoms in total. The van der Waals surface area contributed by atoms with E-state index in [9.17, 15) is 13.2 Å². The van der Waals surface area contributed by atoms with Gasteiger partial charge in [0.15, 0.2) is 18.1 Å². The summed E-state index contributed by atoms with van der Waals surface area (Å²) in [6, 6.07) is 12.0. The standard InChI is InChI=1S/C23H30N2O5S/c1-6-9-17-12-13-19(20(14-17)29-5)30-16-22(26)24-15-18-10-7-8-11-21(18)31(27,28)25-23(2,3)4/h6-8,10-14,25H,1,9,15-16H2,2-5H3,(H,24,26). The normalized spacial score (nSPS) is 11.6. The minimum absolute atomic E-state index is 0.0544. The molecule has 0 heterocycles. The SMILES string of the molecule is C=CCc1ccc(OCC(=O)NCc2ccccc2S(=O)(=O)NC(C)(C)C)c(OC)c1. The molecule has 0 aliphatic rings. The molecule has 2 rings (SSSR count). The third kappa shape index (κ3) is 7.41. The number of amides is 1. The first kappa shape index (κ1) is 24.4. The molecular formula is C23H30N2O5S. The molecule has 0 aliphatic heterocycles. The van der Waals surface area contributed by atoms with Gasteiger partial charge in [0, 0.05) is 12.1 Å². The van der Waals surface area contributed by atoms with E-state index < -0.39 is 15.6 Å². The average molecular weight is 447 g/mol. The van der Waals surface area contributed by atoms with Crippen LogP contribution >= 0.6 is 0 Å². The predicted octanol–water partition coefficient (Wildman–Crippen LogP) is 3.20. The number of carbonyl (C=O) groups excluding carboxylic acids is 1. The van der Waals surface area contributed by atoms with Gasteiger partial charge in [-0.3, -0.25) is 4.79 Å². The number of hydrogen-bond acceptors (Lipinski definition) is 5. The molecule has 0 atom stereocenters. The molecule has 0 spiro atoms. The van der Waals surface area contributed by atoms with Crippen LogP contribution in [0.5, 0.6) is 11.5 Å². The Kier molecular flexibility index (Phi) is 8.24. The monoisotopic (exact) mass is 446 g/mol. The Bertz CT molecular complexity index is 1030. The number of sulfonamides is 1. The predicted molar refractivity (Wildman–Crippen MR) is 121 cm³/mol. The molecule has 31 heavy (non-hydrogen) atoms. The third-order valence-electron chi connectivity index (χ3n) is 4.15. The van der Waals surface area contributed by atoms with Crippen LogP contribution in [0.4, 0.5) is 0 Å². The van der Waals surface area contributed by atoms with Crippen LogP contribution in [0.25, 0.3) is 0 Å². The van der Waals surface area contributed by atoms with E-state index >= 15 is 0 Å². The lowest BCUT2D eigenvalue weighted by molar-refractivity contribution is -0.123. The number of carbonyl (C=O) groups is 1. The lowest BCUT2D eigenvalue weighted by atomic mass is 10.1. The van der Waals surface area contributed by atoms with Gasteiger partial charge in [0.25, 0.3) is 5.91 Å². The minimum atomic E-state index is -3.73. The van der Waals surface area contributed by atoms with E-state index in [1.54, 1.807) is 51.1 Å². The molecule has 2 N–H and O–H groups in total. The molecule has 8 heteroatoms. The number of ether oxygens (including phenoxy) is 2. The van der Waals surface area contributed by atoms with Gasteiger partial charge in [0.1, 0.15) is 0 Å². The Morgan fingerprint density at radius 3 is 2.48 bits per heavy atom. The molecule has 0 radical (unpaired) electrons. The molecule has 0 saturated carbocycles. The van der Waals surface area contributed by atoms with Crippen LogP contribution in [0.1, 0.15) is 31.9 Å². The van der Waals surface area contributed by atoms with Crippen molar-refractivity contribution in [1.29, 1.82) is 0 Å². The number of hydrogen-bond donors (Lipinski definition) is 2. The van der Waals surface area contributed by atoms with Crippen molar-refractivity contribution in [1.82, 2.24) is 10.0 Å². The molecule has 0 aliphatic carbocycles. The molecule has 0 fully saturated rings. The third-order valence-corrected chi connectivity index (χ3v) is 6.00. The molecular weight excluding hydrogens is 416 g/mol. The van der Waals surface area contributed by atoms with Crippen LogP contribution in [0.3, 0.4) is 0 Å². The van der Waals surface area contributed by atoms with Gasteiger partial charge in [0.2, 0.25) is 10.0 Å². The van der Waals surface area contributed by atoms with Crippen LogP contribution in [-0.4, -0.2) is 33.6 Å². The summed E-state index contributed by atoms with van der Waals surface area (Å²) in [6.45, 7) is 8.84. The number of allylic oxidation sites excluding steroid dienone is 1. The van der Waals surface area contributed by atoms with E-state index in [-0.39, 0.29) is 24.0 Å². The van der Waals surface area contributed by atoms with Gasteiger partial charge in [-0.1, -0.05) is 30.3 Å². The van der Waals surface area contributed by atoms with Gasteiger partial charge in [-0.25, -0.2) is 13.1 Å². The minimum Gasteiger partial charge on any atom is -0.493 e. The van der Waals surface area contributed by atoms with Crippen molar-refractivity contribution >= 4 is 15.9 Å². The zero-order chi connectivity index (χ0) is 23.1. The number of rotatable bonds is 10. The second-order valence-electron chi connectivity index (χ2n) is 8.01. The second kappa shape index (κ2) is 10.5. The Hall–Kier alpha value is -2.84. The van der Waals surface area contributed by atoms with Gasteiger partial charge in [0.05, 0.1) is 12.0 Å². The fraction of sp³-hybridized carbons (Fsp3) is 0.348. The summed E-state index contributed by atoms with van der Waals surface area (Å²) < 4.78 is 38.9. The first-order valence-corrected chi connectivity index (χ1v) is 11.3. The van der Waals surface area contributed by atoms with E-state index in [1.807, 2.05) is 12.1 Å². The maximum atomic E-state index is 12.7. The first-order valence-electron chi connectivity index (χ1n) is 9.85. The van der Waals surface area contributed by atoms with E-state index in [1.165, 1.54) is 13.2 Å². The van der Waals surface area contributed by atoms with Crippen molar-refractivity contribution < 1.29 is 22.7 Å². The fourth-order valence-electron chi connectivity index (χ4n) is 2.88. The van der Waals surface area contributed by atoms with Crippen LogP contribution in [0.2, 0.25) is 0 Å². The topological polar surface area (TPSA) is 93.7 Å². The molecule has 0 aromatic heterocycles. The van der Waals surface area contributed by atoms with E-state index in [0.717, 1.165) is 5.56 Å². The van der Waals surface area contributed by atoms with Crippen molar-refractivity contribution in [3.8, 4) is 11.5 Å². The average Bonchev–Trinajstić information content (AvgIpc) is 2.69. The lowest BCUT2D eigenvalue weighted by Crippen LogP contribution is -2.41. The number of benzene rings is 2. The first-order chi connectivity index (χ1) is 14.6. The van der Waals surface area contributed by atoms with Crippen LogP contribution < -0.4 is 19.5 Å². The Labute approximate surface area is 184 Å². The Balaban J connectivity index is 2.02. The van der Waals surface area contributed by atoms with Gasteiger partial charge >= 0.3 is 0 Å². The van der Waals surface area contributed by atoms with Gasteiger partial charge in [-0.15, -0.1) is 6.58 Å². The zero-order valence-electron chi connectivity index (χ0n) is 18.4. The van der Waals surface area contributed by atoms with E-state index in [0.29, 0.717) is 23.5 Å². The number of nitrogens with one attached hydrogen (secondary N) is 2. The Morgan fingerprint density at radius 1 is 1.13 bits per heavy atom. The lowest BCUT2D eigenvalue weighted by Gasteiger charge is -2.21. The van der Waals surface area contributed by atoms with Crippen molar-refractivity contribution in [2.45, 2.75) is 44.2 Å². The van der Waals surface area contributed by atoms with Crippen molar-refractivity contribution in [2.75, 3.05) is 13.7 Å². The summed E-state index contributed by atoms with van der Waals surface area (Å²) in [5.74, 6) is 0.591. The summed E-state index contributed by atoms with van der Waals surface area (Å²) in [5.41, 5.74) is 0.882. The van der Waals surface area contributed by atoms with Crippen LogP contribution in [-0.2, 0) is 27.8 Å². The molecule has 2 aromatic carbocycles. The second-order valence-corrected chi connectivity index (χ2v) is 9.66. The van der Waals surface area contributed by atoms with Gasteiger partial charge < -0.3 is 14.8 Å². The van der Waals surface area contributed by atoms with Crippen LogP contribution in [0, 0.1) is 0 Å². The van der Waals surface area contributed by atoms with Gasteiger partial charge in [-0.2, -0.15) is 0 Å². The maximum Gasteiger partial charge on any atom is 0.258 e. The molecule has 0 bridgehead atoms. The quantitative estimate of drug-likeness (QED) is 0.547. The highest BCUT2D eigenvalue weighted by atomic mass is 32.2. The maximum absolute atomic E-state index is 12.7. The summed E-state index contributed by atoms with van der Waals surface area (Å²) in [5, 5.41) is 2.70. The van der Waals surface area contributed by atoms with Crippen molar-refractivity contribution in [3.05, 3.63) is 66.2 Å². The molecule has 168 valence electrons. The largest absolute Gasteiger partial charge is 0.493 e. The zero-order valence-corrected chi connectivity index (χ0v) is 19.2. The molecule has 2 aromatic rings.